The van der Waals surface area contributed by atoms with Gasteiger partial charge in [-0.05, 0) is 12.8 Å². The summed E-state index contributed by atoms with van der Waals surface area (Å²) in [5.41, 5.74) is 5.58. The summed E-state index contributed by atoms with van der Waals surface area (Å²) in [5, 5.41) is 0. The van der Waals surface area contributed by atoms with Gasteiger partial charge in [-0.2, -0.15) is 17.0 Å². The predicted octanol–water partition coefficient (Wildman–Crippen LogP) is 1.35. The maximum absolute atomic E-state index is 12.6. The zero-order chi connectivity index (χ0) is 14.5. The molecule has 0 bridgehead atoms. The van der Waals surface area contributed by atoms with Crippen LogP contribution in [0.1, 0.15) is 39.5 Å². The molecule has 0 amide bonds. The van der Waals surface area contributed by atoms with Crippen LogP contribution in [0.15, 0.2) is 0 Å². The minimum absolute atomic E-state index is 0.100. The van der Waals surface area contributed by atoms with E-state index in [0.717, 1.165) is 25.7 Å². The number of rotatable bonds is 6. The summed E-state index contributed by atoms with van der Waals surface area (Å²) >= 11 is 4.93. The lowest BCUT2D eigenvalue weighted by molar-refractivity contribution is 0.337. The highest BCUT2D eigenvalue weighted by atomic mass is 32.2. The second-order valence-electron chi connectivity index (χ2n) is 5.08. The normalized spacial score (nSPS) is 20.2. The summed E-state index contributed by atoms with van der Waals surface area (Å²) in [6.07, 6.45) is 4.12. The Morgan fingerprint density at radius 1 is 1.32 bits per heavy atom. The number of nitrogens with two attached hydrogens (primary N) is 1. The van der Waals surface area contributed by atoms with Crippen molar-refractivity contribution in [2.45, 2.75) is 39.5 Å². The van der Waals surface area contributed by atoms with Crippen molar-refractivity contribution in [1.82, 2.24) is 8.61 Å². The number of hydrogen-bond acceptors (Lipinski definition) is 3. The van der Waals surface area contributed by atoms with Crippen LogP contribution in [0.5, 0.6) is 0 Å². The van der Waals surface area contributed by atoms with E-state index in [4.69, 9.17) is 18.0 Å². The molecule has 1 unspecified atom stereocenters. The second kappa shape index (κ2) is 7.52. The summed E-state index contributed by atoms with van der Waals surface area (Å²) in [4.78, 5) is 0.365. The molecule has 1 atom stereocenters. The van der Waals surface area contributed by atoms with E-state index in [9.17, 15) is 8.42 Å². The molecule has 0 saturated carbocycles. The lowest BCUT2D eigenvalue weighted by Crippen LogP contribution is -2.46. The average Bonchev–Trinajstić information content (AvgIpc) is 2.64. The SMILES string of the molecule is CCN(CC(C)C(N)=S)S(=O)(=O)N1CCCCCC1. The molecule has 112 valence electrons. The molecule has 0 aromatic rings. The molecule has 0 aromatic carbocycles. The first kappa shape index (κ1) is 16.8. The fourth-order valence-electron chi connectivity index (χ4n) is 2.22. The Morgan fingerprint density at radius 2 is 1.84 bits per heavy atom. The average molecular weight is 307 g/mol. The molecule has 0 aliphatic carbocycles. The largest absolute Gasteiger partial charge is 0.393 e. The van der Waals surface area contributed by atoms with Crippen LogP contribution in [0, 0.1) is 5.92 Å². The first-order valence-corrected chi connectivity index (χ1v) is 8.74. The molecule has 2 N–H and O–H groups in total. The van der Waals surface area contributed by atoms with Crippen molar-refractivity contribution < 1.29 is 8.42 Å². The van der Waals surface area contributed by atoms with Crippen molar-refractivity contribution in [3.05, 3.63) is 0 Å². The second-order valence-corrected chi connectivity index (χ2v) is 7.47. The topological polar surface area (TPSA) is 66.6 Å². The van der Waals surface area contributed by atoms with Gasteiger partial charge in [0.25, 0.3) is 10.2 Å². The van der Waals surface area contributed by atoms with Gasteiger partial charge in [0.1, 0.15) is 0 Å². The maximum Gasteiger partial charge on any atom is 0.281 e. The van der Waals surface area contributed by atoms with E-state index in [0.29, 0.717) is 31.2 Å². The smallest absolute Gasteiger partial charge is 0.281 e. The Bertz CT molecular complexity index is 390. The zero-order valence-corrected chi connectivity index (χ0v) is 13.5. The van der Waals surface area contributed by atoms with Gasteiger partial charge < -0.3 is 5.73 Å². The predicted molar refractivity (Wildman–Crippen MR) is 82.2 cm³/mol. The molecular formula is C12H25N3O2S2. The third kappa shape index (κ3) is 4.66. The highest BCUT2D eigenvalue weighted by Gasteiger charge is 2.30. The Balaban J connectivity index is 2.79. The molecule has 1 aliphatic heterocycles. The fourth-order valence-corrected chi connectivity index (χ4v) is 4.08. The van der Waals surface area contributed by atoms with Crippen LogP contribution in [-0.2, 0) is 10.2 Å². The van der Waals surface area contributed by atoms with Crippen LogP contribution in [-0.4, -0.2) is 48.2 Å². The molecule has 0 spiro atoms. The number of nitrogens with zero attached hydrogens (tertiary/aromatic N) is 2. The van der Waals surface area contributed by atoms with Gasteiger partial charge in [-0.15, -0.1) is 0 Å². The highest BCUT2D eigenvalue weighted by Crippen LogP contribution is 2.17. The summed E-state index contributed by atoms with van der Waals surface area (Å²) in [6.45, 7) is 5.78. The summed E-state index contributed by atoms with van der Waals surface area (Å²) < 4.78 is 28.3. The van der Waals surface area contributed by atoms with E-state index in [1.165, 1.54) is 4.31 Å². The molecule has 19 heavy (non-hydrogen) atoms. The minimum atomic E-state index is -3.37. The van der Waals surface area contributed by atoms with Gasteiger partial charge in [0, 0.05) is 32.1 Å². The van der Waals surface area contributed by atoms with Crippen molar-refractivity contribution in [3.8, 4) is 0 Å². The third-order valence-corrected chi connectivity index (χ3v) is 6.01. The molecule has 0 radical (unpaired) electrons. The van der Waals surface area contributed by atoms with Gasteiger partial charge in [0.2, 0.25) is 0 Å². The zero-order valence-electron chi connectivity index (χ0n) is 11.8. The van der Waals surface area contributed by atoms with Crippen LogP contribution >= 0.6 is 12.2 Å². The summed E-state index contributed by atoms with van der Waals surface area (Å²) in [5.74, 6) is -0.100. The molecule has 1 heterocycles. The minimum Gasteiger partial charge on any atom is -0.393 e. The van der Waals surface area contributed by atoms with Gasteiger partial charge in [0.15, 0.2) is 0 Å². The van der Waals surface area contributed by atoms with Crippen LogP contribution in [0.4, 0.5) is 0 Å². The van der Waals surface area contributed by atoms with Crippen molar-refractivity contribution in [3.63, 3.8) is 0 Å². The molecule has 1 rings (SSSR count). The maximum atomic E-state index is 12.6. The fraction of sp³-hybridized carbons (Fsp3) is 0.917. The van der Waals surface area contributed by atoms with Crippen molar-refractivity contribution in [1.29, 1.82) is 0 Å². The van der Waals surface area contributed by atoms with E-state index in [-0.39, 0.29) is 5.92 Å². The molecular weight excluding hydrogens is 282 g/mol. The van der Waals surface area contributed by atoms with Crippen LogP contribution in [0.2, 0.25) is 0 Å². The summed E-state index contributed by atoms with van der Waals surface area (Å²) in [7, 11) is -3.37. The van der Waals surface area contributed by atoms with E-state index in [2.05, 4.69) is 0 Å². The van der Waals surface area contributed by atoms with E-state index in [1.807, 2.05) is 13.8 Å². The molecule has 5 nitrogen and oxygen atoms in total. The van der Waals surface area contributed by atoms with E-state index in [1.54, 1.807) is 4.31 Å². The van der Waals surface area contributed by atoms with Crippen LogP contribution in [0.25, 0.3) is 0 Å². The Morgan fingerprint density at radius 3 is 2.26 bits per heavy atom. The van der Waals surface area contributed by atoms with Crippen molar-refractivity contribution >= 4 is 27.4 Å². The molecule has 1 aliphatic rings. The quantitative estimate of drug-likeness (QED) is 0.752. The third-order valence-electron chi connectivity index (χ3n) is 3.53. The first-order valence-electron chi connectivity index (χ1n) is 6.94. The Kier molecular flexibility index (Phi) is 6.65. The molecule has 0 aromatic heterocycles. The highest BCUT2D eigenvalue weighted by molar-refractivity contribution is 7.86. The van der Waals surface area contributed by atoms with E-state index < -0.39 is 10.2 Å². The van der Waals surface area contributed by atoms with Crippen molar-refractivity contribution in [2.24, 2.45) is 11.7 Å². The monoisotopic (exact) mass is 307 g/mol. The van der Waals surface area contributed by atoms with Crippen LogP contribution in [0.3, 0.4) is 0 Å². The molecule has 7 heteroatoms. The number of hydrogen-bond donors (Lipinski definition) is 1. The first-order chi connectivity index (χ1) is 8.89. The van der Waals surface area contributed by atoms with Crippen molar-refractivity contribution in [2.75, 3.05) is 26.2 Å². The van der Waals surface area contributed by atoms with E-state index >= 15 is 0 Å². The van der Waals surface area contributed by atoms with Crippen LogP contribution < -0.4 is 5.73 Å². The van der Waals surface area contributed by atoms with Gasteiger partial charge in [-0.25, -0.2) is 0 Å². The van der Waals surface area contributed by atoms with Gasteiger partial charge >= 0.3 is 0 Å². The molecule has 1 saturated heterocycles. The Labute approximate surface area is 122 Å². The summed E-state index contributed by atoms with van der Waals surface area (Å²) in [6, 6.07) is 0. The van der Waals surface area contributed by atoms with Gasteiger partial charge in [-0.3, -0.25) is 0 Å². The lowest BCUT2D eigenvalue weighted by atomic mass is 10.2. The molecule has 1 fully saturated rings. The Hall–Kier alpha value is -0.240. The standard InChI is InChI=1S/C12H25N3O2S2/c1-3-14(10-11(2)12(13)18)19(16,17)15-8-6-4-5-7-9-15/h11H,3-10H2,1-2H3,(H2,13,18). The van der Waals surface area contributed by atoms with Gasteiger partial charge in [0.05, 0.1) is 4.99 Å². The lowest BCUT2D eigenvalue weighted by Gasteiger charge is -2.29. The number of thiocarbonyl (C=S) groups is 1. The van der Waals surface area contributed by atoms with Gasteiger partial charge in [-0.1, -0.05) is 38.9 Å².